The second kappa shape index (κ2) is 6.90. The van der Waals surface area contributed by atoms with Gasteiger partial charge < -0.3 is 10.6 Å². The molecule has 0 aliphatic carbocycles. The van der Waals surface area contributed by atoms with Gasteiger partial charge in [0.1, 0.15) is 11.6 Å². The number of nitro groups is 1. The second-order valence-electron chi connectivity index (χ2n) is 4.36. The van der Waals surface area contributed by atoms with E-state index < -0.39 is 10.7 Å². The van der Waals surface area contributed by atoms with Crippen LogP contribution in [-0.2, 0) is 6.54 Å². The van der Waals surface area contributed by atoms with Crippen molar-refractivity contribution in [3.05, 3.63) is 69.8 Å². The molecular formula is C14H11F2N3O2S. The molecule has 0 aliphatic rings. The average molecular weight is 323 g/mol. The van der Waals surface area contributed by atoms with Crippen molar-refractivity contribution in [2.45, 2.75) is 6.54 Å². The van der Waals surface area contributed by atoms with Crippen molar-refractivity contribution in [1.82, 2.24) is 5.32 Å². The highest BCUT2D eigenvalue weighted by Crippen LogP contribution is 2.21. The van der Waals surface area contributed by atoms with Gasteiger partial charge in [-0.2, -0.15) is 0 Å². The van der Waals surface area contributed by atoms with Crippen molar-refractivity contribution in [2.24, 2.45) is 0 Å². The molecule has 0 unspecified atom stereocenters. The van der Waals surface area contributed by atoms with E-state index in [-0.39, 0.29) is 22.3 Å². The molecule has 0 radical (unpaired) electrons. The first-order valence-corrected chi connectivity index (χ1v) is 6.60. The molecule has 2 aromatic carbocycles. The number of hydrogen-bond acceptors (Lipinski definition) is 3. The minimum absolute atomic E-state index is 0.0918. The summed E-state index contributed by atoms with van der Waals surface area (Å²) in [6.07, 6.45) is 0. The number of anilines is 1. The Kier molecular flexibility index (Phi) is 4.95. The van der Waals surface area contributed by atoms with Gasteiger partial charge in [-0.15, -0.1) is 0 Å². The lowest BCUT2D eigenvalue weighted by molar-refractivity contribution is -0.384. The lowest BCUT2D eigenvalue weighted by Crippen LogP contribution is -2.28. The zero-order valence-electron chi connectivity index (χ0n) is 11.2. The number of rotatable bonds is 4. The van der Waals surface area contributed by atoms with Gasteiger partial charge in [-0.25, -0.2) is 8.78 Å². The summed E-state index contributed by atoms with van der Waals surface area (Å²) in [7, 11) is 0. The molecule has 0 saturated carbocycles. The molecule has 114 valence electrons. The van der Waals surface area contributed by atoms with E-state index in [4.69, 9.17) is 12.2 Å². The van der Waals surface area contributed by atoms with Crippen LogP contribution in [0.15, 0.2) is 42.5 Å². The Morgan fingerprint density at radius 3 is 2.50 bits per heavy atom. The third-order valence-electron chi connectivity index (χ3n) is 2.78. The predicted molar refractivity (Wildman–Crippen MR) is 82.5 cm³/mol. The molecule has 0 amide bonds. The molecule has 5 nitrogen and oxygen atoms in total. The lowest BCUT2D eigenvalue weighted by atomic mass is 10.2. The predicted octanol–water partition coefficient (Wildman–Crippen LogP) is 3.36. The van der Waals surface area contributed by atoms with Gasteiger partial charge in [0.2, 0.25) is 0 Å². The first kappa shape index (κ1) is 15.8. The molecule has 0 spiro atoms. The number of nitrogens with one attached hydrogen (secondary N) is 2. The van der Waals surface area contributed by atoms with Crippen molar-refractivity contribution in [1.29, 1.82) is 0 Å². The highest BCUT2D eigenvalue weighted by Gasteiger charge is 2.11. The molecule has 0 bridgehead atoms. The summed E-state index contributed by atoms with van der Waals surface area (Å²) in [5.74, 6) is -1.00. The minimum atomic E-state index is -0.656. The van der Waals surface area contributed by atoms with Crippen LogP contribution in [-0.4, -0.2) is 10.0 Å². The van der Waals surface area contributed by atoms with Crippen LogP contribution in [0.2, 0.25) is 0 Å². The van der Waals surface area contributed by atoms with Gasteiger partial charge in [0, 0.05) is 18.7 Å². The summed E-state index contributed by atoms with van der Waals surface area (Å²) in [5, 5.41) is 16.1. The maximum Gasteiger partial charge on any atom is 0.271 e. The van der Waals surface area contributed by atoms with Crippen molar-refractivity contribution >= 4 is 28.7 Å². The van der Waals surface area contributed by atoms with Gasteiger partial charge >= 0.3 is 0 Å². The third-order valence-corrected chi connectivity index (χ3v) is 3.02. The molecular weight excluding hydrogens is 312 g/mol. The van der Waals surface area contributed by atoms with Crippen LogP contribution < -0.4 is 10.6 Å². The molecule has 0 aromatic heterocycles. The molecule has 8 heteroatoms. The van der Waals surface area contributed by atoms with Gasteiger partial charge in [-0.3, -0.25) is 10.1 Å². The molecule has 0 fully saturated rings. The van der Waals surface area contributed by atoms with Crippen molar-refractivity contribution < 1.29 is 13.7 Å². The van der Waals surface area contributed by atoms with E-state index in [9.17, 15) is 18.9 Å². The molecule has 2 aromatic rings. The van der Waals surface area contributed by atoms with E-state index in [1.165, 1.54) is 12.1 Å². The third kappa shape index (κ3) is 4.19. The Morgan fingerprint density at radius 1 is 1.18 bits per heavy atom. The molecule has 0 heterocycles. The van der Waals surface area contributed by atoms with Crippen LogP contribution >= 0.6 is 12.2 Å². The summed E-state index contributed by atoms with van der Waals surface area (Å²) >= 11 is 5.00. The Bertz CT molecular complexity index is 708. The quantitative estimate of drug-likeness (QED) is 0.513. The highest BCUT2D eigenvalue weighted by molar-refractivity contribution is 7.80. The van der Waals surface area contributed by atoms with Crippen LogP contribution in [0.5, 0.6) is 0 Å². The smallest absolute Gasteiger partial charge is 0.271 e. The number of hydrogen-bond donors (Lipinski definition) is 2. The summed E-state index contributed by atoms with van der Waals surface area (Å²) in [4.78, 5) is 10.0. The SMILES string of the molecule is O=[N+]([O-])c1ccc(F)c(NC(=S)NCc2ccc(F)cc2)c1. The number of halogens is 2. The average Bonchev–Trinajstić information content (AvgIpc) is 2.48. The fourth-order valence-corrected chi connectivity index (χ4v) is 1.86. The molecule has 0 atom stereocenters. The second-order valence-corrected chi connectivity index (χ2v) is 4.76. The molecule has 0 aliphatic heterocycles. The topological polar surface area (TPSA) is 67.2 Å². The summed E-state index contributed by atoms with van der Waals surface area (Å²) in [5.41, 5.74) is 0.445. The normalized spacial score (nSPS) is 10.1. The van der Waals surface area contributed by atoms with E-state index in [0.717, 1.165) is 23.8 Å². The van der Waals surface area contributed by atoms with Gasteiger partial charge in [0.15, 0.2) is 5.11 Å². The van der Waals surface area contributed by atoms with E-state index >= 15 is 0 Å². The van der Waals surface area contributed by atoms with Crippen LogP contribution in [0.3, 0.4) is 0 Å². The number of benzene rings is 2. The van der Waals surface area contributed by atoms with Crippen molar-refractivity contribution in [3.8, 4) is 0 Å². The fourth-order valence-electron chi connectivity index (χ4n) is 1.67. The number of nitro benzene ring substituents is 1. The Hall–Kier alpha value is -2.61. The maximum atomic E-state index is 13.6. The van der Waals surface area contributed by atoms with Crippen LogP contribution in [0, 0.1) is 21.7 Å². The Labute approximate surface area is 130 Å². The van der Waals surface area contributed by atoms with E-state index in [1.807, 2.05) is 0 Å². The monoisotopic (exact) mass is 323 g/mol. The first-order valence-electron chi connectivity index (χ1n) is 6.19. The van der Waals surface area contributed by atoms with Crippen molar-refractivity contribution in [2.75, 3.05) is 5.32 Å². The zero-order valence-corrected chi connectivity index (χ0v) is 12.0. The number of non-ortho nitro benzene ring substituents is 1. The summed E-state index contributed by atoms with van der Waals surface area (Å²) in [6.45, 7) is 0.308. The molecule has 2 N–H and O–H groups in total. The molecule has 2 rings (SSSR count). The standard InChI is InChI=1S/C14H11F2N3O2S/c15-10-3-1-9(2-4-10)8-17-14(22)18-13-7-11(19(20)21)5-6-12(13)16/h1-7H,8H2,(H2,17,18,22). The summed E-state index contributed by atoms with van der Waals surface area (Å²) < 4.78 is 26.4. The van der Waals surface area contributed by atoms with Gasteiger partial charge in [0.05, 0.1) is 10.6 Å². The van der Waals surface area contributed by atoms with E-state index in [1.54, 1.807) is 12.1 Å². The van der Waals surface area contributed by atoms with Crippen LogP contribution in [0.4, 0.5) is 20.2 Å². The van der Waals surface area contributed by atoms with Crippen LogP contribution in [0.1, 0.15) is 5.56 Å². The fraction of sp³-hybridized carbons (Fsp3) is 0.0714. The van der Waals surface area contributed by atoms with Crippen molar-refractivity contribution in [3.63, 3.8) is 0 Å². The van der Waals surface area contributed by atoms with Gasteiger partial charge in [-0.1, -0.05) is 12.1 Å². The first-order chi connectivity index (χ1) is 10.5. The summed E-state index contributed by atoms with van der Waals surface area (Å²) in [6, 6.07) is 8.90. The van der Waals surface area contributed by atoms with E-state index in [0.29, 0.717) is 6.54 Å². The Morgan fingerprint density at radius 2 is 1.86 bits per heavy atom. The zero-order chi connectivity index (χ0) is 16.1. The number of thiocarbonyl (C=S) groups is 1. The Balaban J connectivity index is 1.98. The maximum absolute atomic E-state index is 13.6. The molecule has 22 heavy (non-hydrogen) atoms. The molecule has 0 saturated heterocycles. The van der Waals surface area contributed by atoms with Crippen LogP contribution in [0.25, 0.3) is 0 Å². The van der Waals surface area contributed by atoms with E-state index in [2.05, 4.69) is 10.6 Å². The van der Waals surface area contributed by atoms with Gasteiger partial charge in [-0.05, 0) is 36.0 Å². The minimum Gasteiger partial charge on any atom is -0.358 e. The highest BCUT2D eigenvalue weighted by atomic mass is 32.1. The largest absolute Gasteiger partial charge is 0.358 e. The number of nitrogens with zero attached hydrogens (tertiary/aromatic N) is 1. The lowest BCUT2D eigenvalue weighted by Gasteiger charge is -2.11. The van der Waals surface area contributed by atoms with Gasteiger partial charge in [0.25, 0.3) is 5.69 Å².